The molecule has 3 heterocycles. The average Bonchev–Trinajstić information content (AvgIpc) is 2.64. The molecule has 0 saturated carbocycles. The van der Waals surface area contributed by atoms with E-state index in [0.29, 0.717) is 31.6 Å². The van der Waals surface area contributed by atoms with Gasteiger partial charge in [0, 0.05) is 43.2 Å². The molecule has 2 saturated heterocycles. The van der Waals surface area contributed by atoms with E-state index in [2.05, 4.69) is 9.88 Å². The third-order valence-corrected chi connectivity index (χ3v) is 5.37. The minimum Gasteiger partial charge on any atom is -0.452 e. The maximum atomic E-state index is 12.8. The van der Waals surface area contributed by atoms with Gasteiger partial charge in [-0.15, -0.1) is 0 Å². The van der Waals surface area contributed by atoms with E-state index in [1.54, 1.807) is 17.0 Å². The Balaban J connectivity index is 1.61. The number of anilines is 1. The van der Waals surface area contributed by atoms with Gasteiger partial charge in [-0.3, -0.25) is 9.59 Å². The van der Waals surface area contributed by atoms with Crippen LogP contribution in [-0.4, -0.2) is 71.5 Å². The molecule has 29 heavy (non-hydrogen) atoms. The molecule has 0 aliphatic carbocycles. The number of nitrogens with zero attached hydrogens (tertiary/aromatic N) is 3. The first-order valence-corrected chi connectivity index (χ1v) is 9.91. The van der Waals surface area contributed by atoms with E-state index in [4.69, 9.17) is 9.47 Å². The molecule has 0 N–H and O–H groups in total. The van der Waals surface area contributed by atoms with Crippen molar-refractivity contribution in [3.05, 3.63) is 23.9 Å². The van der Waals surface area contributed by atoms with Gasteiger partial charge in [-0.2, -0.15) is 0 Å². The van der Waals surface area contributed by atoms with Crippen LogP contribution in [0.25, 0.3) is 0 Å². The fraction of sp³-hybridized carbons (Fsp3) is 0.619. The molecule has 2 aliphatic heterocycles. The lowest BCUT2D eigenvalue weighted by atomic mass is 9.79. The molecule has 0 bridgehead atoms. The Labute approximate surface area is 171 Å². The van der Waals surface area contributed by atoms with Crippen molar-refractivity contribution in [2.75, 3.05) is 37.8 Å². The highest BCUT2D eigenvalue weighted by atomic mass is 16.5. The van der Waals surface area contributed by atoms with Crippen molar-refractivity contribution in [3.8, 4) is 0 Å². The van der Waals surface area contributed by atoms with Crippen LogP contribution in [0.3, 0.4) is 0 Å². The van der Waals surface area contributed by atoms with Crippen LogP contribution in [0.15, 0.2) is 18.3 Å². The summed E-state index contributed by atoms with van der Waals surface area (Å²) in [6.45, 7) is 9.90. The first kappa shape index (κ1) is 21.2. The Kier molecular flexibility index (Phi) is 5.93. The standard InChI is InChI=1S/C21H29N3O5/c1-20(2)11-16(25)12-21(3,4)24(20)18(26)14-29-19(27)15-5-6-17(22-13-15)23-7-9-28-10-8-23/h5-6,13H,7-12,14H2,1-4H3. The first-order chi connectivity index (χ1) is 13.6. The molecule has 0 unspecified atom stereocenters. The normalized spacial score (nSPS) is 21.0. The van der Waals surface area contributed by atoms with Crippen molar-refractivity contribution in [1.82, 2.24) is 9.88 Å². The zero-order valence-electron chi connectivity index (χ0n) is 17.6. The van der Waals surface area contributed by atoms with Gasteiger partial charge in [-0.25, -0.2) is 9.78 Å². The lowest BCUT2D eigenvalue weighted by Gasteiger charge is -2.51. The predicted octanol–water partition coefficient (Wildman–Crippen LogP) is 1.82. The quantitative estimate of drug-likeness (QED) is 0.709. The number of esters is 1. The van der Waals surface area contributed by atoms with Crippen LogP contribution in [0.5, 0.6) is 0 Å². The zero-order valence-corrected chi connectivity index (χ0v) is 17.6. The Morgan fingerprint density at radius 3 is 2.28 bits per heavy atom. The van der Waals surface area contributed by atoms with Crippen LogP contribution < -0.4 is 4.90 Å². The van der Waals surface area contributed by atoms with Gasteiger partial charge in [-0.05, 0) is 39.8 Å². The second kappa shape index (κ2) is 8.10. The Bertz CT molecular complexity index is 762. The fourth-order valence-corrected chi connectivity index (χ4v) is 4.44. The second-order valence-electron chi connectivity index (χ2n) is 8.83. The van der Waals surface area contributed by atoms with Gasteiger partial charge < -0.3 is 19.3 Å². The van der Waals surface area contributed by atoms with Gasteiger partial charge >= 0.3 is 5.97 Å². The lowest BCUT2D eigenvalue weighted by molar-refractivity contribution is -0.156. The summed E-state index contributed by atoms with van der Waals surface area (Å²) in [7, 11) is 0. The van der Waals surface area contributed by atoms with Crippen LogP contribution in [0.2, 0.25) is 0 Å². The predicted molar refractivity (Wildman–Crippen MR) is 107 cm³/mol. The van der Waals surface area contributed by atoms with E-state index in [1.807, 2.05) is 27.7 Å². The molecule has 0 aromatic carbocycles. The summed E-state index contributed by atoms with van der Waals surface area (Å²) in [4.78, 5) is 45.3. The van der Waals surface area contributed by atoms with Gasteiger partial charge in [0.25, 0.3) is 5.91 Å². The van der Waals surface area contributed by atoms with E-state index in [-0.39, 0.29) is 18.3 Å². The average molecular weight is 403 g/mol. The van der Waals surface area contributed by atoms with Gasteiger partial charge in [0.05, 0.1) is 18.8 Å². The number of morpholine rings is 1. The number of hydrogen-bond acceptors (Lipinski definition) is 7. The third kappa shape index (κ3) is 4.75. The number of hydrogen-bond donors (Lipinski definition) is 0. The largest absolute Gasteiger partial charge is 0.452 e. The molecule has 3 rings (SSSR count). The van der Waals surface area contributed by atoms with E-state index in [9.17, 15) is 14.4 Å². The number of pyridine rings is 1. The summed E-state index contributed by atoms with van der Waals surface area (Å²) in [6.07, 6.45) is 2.05. The number of likely N-dealkylation sites (tertiary alicyclic amines) is 1. The summed E-state index contributed by atoms with van der Waals surface area (Å²) in [6, 6.07) is 3.42. The topological polar surface area (TPSA) is 89.0 Å². The smallest absolute Gasteiger partial charge is 0.340 e. The SMILES string of the molecule is CC1(C)CC(=O)CC(C)(C)N1C(=O)COC(=O)c1ccc(N2CCOCC2)nc1. The lowest BCUT2D eigenvalue weighted by Crippen LogP contribution is -2.63. The van der Waals surface area contributed by atoms with Crippen molar-refractivity contribution >= 4 is 23.5 Å². The second-order valence-corrected chi connectivity index (χ2v) is 8.83. The van der Waals surface area contributed by atoms with E-state index in [0.717, 1.165) is 18.9 Å². The maximum absolute atomic E-state index is 12.8. The highest BCUT2D eigenvalue weighted by Crippen LogP contribution is 2.36. The molecule has 2 fully saturated rings. The van der Waals surface area contributed by atoms with Crippen LogP contribution in [0, 0.1) is 0 Å². The minimum absolute atomic E-state index is 0.132. The fourth-order valence-electron chi connectivity index (χ4n) is 4.44. The van der Waals surface area contributed by atoms with Crippen molar-refractivity contribution in [2.45, 2.75) is 51.6 Å². The highest BCUT2D eigenvalue weighted by molar-refractivity contribution is 5.92. The van der Waals surface area contributed by atoms with Crippen LogP contribution in [0.4, 0.5) is 5.82 Å². The Hall–Kier alpha value is -2.48. The number of ketones is 1. The molecule has 8 heteroatoms. The summed E-state index contributed by atoms with van der Waals surface area (Å²) in [5.41, 5.74) is -0.949. The number of Topliss-reactive ketones (excluding diaryl/α,β-unsaturated/α-hetero) is 1. The van der Waals surface area contributed by atoms with Gasteiger partial charge in [0.2, 0.25) is 0 Å². The molecule has 0 atom stereocenters. The first-order valence-electron chi connectivity index (χ1n) is 9.91. The third-order valence-electron chi connectivity index (χ3n) is 5.37. The zero-order chi connectivity index (χ0) is 21.2. The Morgan fingerprint density at radius 2 is 1.72 bits per heavy atom. The molecule has 1 aromatic rings. The number of amides is 1. The van der Waals surface area contributed by atoms with E-state index in [1.165, 1.54) is 6.20 Å². The molecular weight excluding hydrogens is 374 g/mol. The number of aromatic nitrogens is 1. The molecule has 0 radical (unpaired) electrons. The number of carbonyl (C=O) groups is 3. The number of ether oxygens (including phenoxy) is 2. The summed E-state index contributed by atoms with van der Waals surface area (Å²) in [5.74, 6) is 0.0108. The highest BCUT2D eigenvalue weighted by Gasteiger charge is 2.47. The van der Waals surface area contributed by atoms with Crippen molar-refractivity contribution in [1.29, 1.82) is 0 Å². The molecule has 158 valence electrons. The number of carbonyl (C=O) groups excluding carboxylic acids is 3. The van der Waals surface area contributed by atoms with Crippen LogP contribution in [0.1, 0.15) is 50.9 Å². The monoisotopic (exact) mass is 403 g/mol. The van der Waals surface area contributed by atoms with Crippen molar-refractivity contribution in [3.63, 3.8) is 0 Å². The van der Waals surface area contributed by atoms with Gasteiger partial charge in [0.15, 0.2) is 6.61 Å². The molecule has 2 aliphatic rings. The minimum atomic E-state index is -0.621. The maximum Gasteiger partial charge on any atom is 0.340 e. The molecule has 0 spiro atoms. The van der Waals surface area contributed by atoms with E-state index >= 15 is 0 Å². The van der Waals surface area contributed by atoms with Crippen LogP contribution >= 0.6 is 0 Å². The van der Waals surface area contributed by atoms with Crippen molar-refractivity contribution in [2.24, 2.45) is 0 Å². The van der Waals surface area contributed by atoms with E-state index < -0.39 is 17.0 Å². The Morgan fingerprint density at radius 1 is 1.10 bits per heavy atom. The molecular formula is C21H29N3O5. The number of rotatable bonds is 4. The van der Waals surface area contributed by atoms with Crippen LogP contribution in [-0.2, 0) is 19.1 Å². The van der Waals surface area contributed by atoms with Gasteiger partial charge in [-0.1, -0.05) is 0 Å². The van der Waals surface area contributed by atoms with Gasteiger partial charge in [0.1, 0.15) is 11.6 Å². The summed E-state index contributed by atoms with van der Waals surface area (Å²) in [5, 5.41) is 0. The summed E-state index contributed by atoms with van der Waals surface area (Å²) < 4.78 is 10.6. The molecule has 1 aromatic heterocycles. The number of piperidine rings is 1. The van der Waals surface area contributed by atoms with Crippen molar-refractivity contribution < 1.29 is 23.9 Å². The summed E-state index contributed by atoms with van der Waals surface area (Å²) >= 11 is 0. The molecule has 1 amide bonds. The molecule has 8 nitrogen and oxygen atoms in total.